The molecule has 5 heteroatoms. The number of rotatable bonds is 6. The van der Waals surface area contributed by atoms with Crippen LogP contribution in [0.5, 0.6) is 5.75 Å². The molecule has 0 aliphatic carbocycles. The smallest absolute Gasteiger partial charge is 0.337 e. The van der Waals surface area contributed by atoms with E-state index in [1.807, 2.05) is 72.8 Å². The monoisotopic (exact) mass is 387 g/mol. The number of carbonyl (C=O) groups excluding carboxylic acids is 2. The molecular formula is C24H21NO4. The Morgan fingerprint density at radius 3 is 2.14 bits per heavy atom. The predicted octanol–water partition coefficient (Wildman–Crippen LogP) is 4.00. The van der Waals surface area contributed by atoms with Crippen molar-refractivity contribution in [2.45, 2.75) is 18.7 Å². The van der Waals surface area contributed by atoms with Crippen molar-refractivity contribution in [3.05, 3.63) is 102 Å². The first kappa shape index (κ1) is 18.7. The van der Waals surface area contributed by atoms with Crippen molar-refractivity contribution >= 4 is 11.9 Å². The van der Waals surface area contributed by atoms with E-state index in [1.54, 1.807) is 17.0 Å². The maximum atomic E-state index is 12.9. The number of esters is 1. The Labute approximate surface area is 169 Å². The zero-order chi connectivity index (χ0) is 20.2. The van der Waals surface area contributed by atoms with Gasteiger partial charge in [-0.1, -0.05) is 60.7 Å². The number of benzene rings is 3. The van der Waals surface area contributed by atoms with Gasteiger partial charge in [-0.3, -0.25) is 4.79 Å². The van der Waals surface area contributed by atoms with Gasteiger partial charge in [0.2, 0.25) is 6.10 Å². The molecule has 0 radical (unpaired) electrons. The van der Waals surface area contributed by atoms with Crippen LogP contribution in [0.3, 0.4) is 0 Å². The molecule has 5 nitrogen and oxygen atoms in total. The molecule has 1 fully saturated rings. The molecule has 0 spiro atoms. The number of carbonyl (C=O) groups is 2. The maximum Gasteiger partial charge on any atom is 0.337 e. The molecule has 1 amide bonds. The van der Waals surface area contributed by atoms with Gasteiger partial charge in [-0.25, -0.2) is 4.79 Å². The van der Waals surface area contributed by atoms with Crippen LogP contribution in [0.2, 0.25) is 0 Å². The summed E-state index contributed by atoms with van der Waals surface area (Å²) in [6.07, 6.45) is -0.606. The zero-order valence-corrected chi connectivity index (χ0v) is 16.0. The Kier molecular flexibility index (Phi) is 5.29. The van der Waals surface area contributed by atoms with E-state index in [0.29, 0.717) is 17.9 Å². The van der Waals surface area contributed by atoms with Gasteiger partial charge >= 0.3 is 5.97 Å². The number of hydrogen-bond acceptors (Lipinski definition) is 4. The minimum absolute atomic E-state index is 0.0558. The lowest BCUT2D eigenvalue weighted by atomic mass is 9.89. The van der Waals surface area contributed by atoms with Crippen LogP contribution in [0, 0.1) is 0 Å². The molecule has 1 aliphatic rings. The highest BCUT2D eigenvalue weighted by Gasteiger charge is 2.50. The summed E-state index contributed by atoms with van der Waals surface area (Å²) in [5.41, 5.74) is 2.43. The van der Waals surface area contributed by atoms with Crippen molar-refractivity contribution in [1.29, 1.82) is 0 Å². The summed E-state index contributed by atoms with van der Waals surface area (Å²) in [4.78, 5) is 26.4. The average molecular weight is 387 g/mol. The van der Waals surface area contributed by atoms with Gasteiger partial charge in [0.25, 0.3) is 5.91 Å². The number of para-hydroxylation sites is 1. The van der Waals surface area contributed by atoms with E-state index in [4.69, 9.17) is 9.47 Å². The maximum absolute atomic E-state index is 12.9. The lowest BCUT2D eigenvalue weighted by molar-refractivity contribution is -0.165. The van der Waals surface area contributed by atoms with Crippen LogP contribution in [0.4, 0.5) is 0 Å². The Morgan fingerprint density at radius 1 is 0.897 bits per heavy atom. The molecule has 1 heterocycles. The molecule has 1 aliphatic heterocycles. The standard InChI is InChI=1S/C24H21NO4/c1-28-24(27)19-14-12-18(13-15-19)21-22(29-20-10-6-3-7-11-20)23(26)25(21)16-17-8-4-2-5-9-17/h2-15,21-22H,16H2,1H3/t21-,22+/m1/s1. The summed E-state index contributed by atoms with van der Waals surface area (Å²) in [7, 11) is 1.35. The highest BCUT2D eigenvalue weighted by atomic mass is 16.5. The van der Waals surface area contributed by atoms with Crippen molar-refractivity contribution in [1.82, 2.24) is 4.90 Å². The fourth-order valence-corrected chi connectivity index (χ4v) is 3.52. The second kappa shape index (κ2) is 8.19. The topological polar surface area (TPSA) is 55.8 Å². The van der Waals surface area contributed by atoms with Crippen LogP contribution in [-0.4, -0.2) is 30.0 Å². The van der Waals surface area contributed by atoms with Gasteiger partial charge in [0.15, 0.2) is 0 Å². The van der Waals surface area contributed by atoms with Gasteiger partial charge in [0, 0.05) is 6.54 Å². The number of methoxy groups -OCH3 is 1. The molecule has 3 aromatic rings. The van der Waals surface area contributed by atoms with Gasteiger partial charge in [-0.2, -0.15) is 0 Å². The molecule has 4 rings (SSSR count). The third-order valence-corrected chi connectivity index (χ3v) is 5.02. The minimum atomic E-state index is -0.606. The summed E-state index contributed by atoms with van der Waals surface area (Å²) in [6, 6.07) is 26.1. The molecular weight excluding hydrogens is 366 g/mol. The number of ether oxygens (including phenoxy) is 2. The van der Waals surface area contributed by atoms with Crippen LogP contribution in [0.15, 0.2) is 84.9 Å². The summed E-state index contributed by atoms with van der Waals surface area (Å²) in [6.45, 7) is 0.498. The van der Waals surface area contributed by atoms with E-state index >= 15 is 0 Å². The van der Waals surface area contributed by atoms with Crippen LogP contribution in [0.1, 0.15) is 27.5 Å². The number of β-lactam (4-membered cyclic amide) rings is 1. The van der Waals surface area contributed by atoms with Crippen molar-refractivity contribution in [2.75, 3.05) is 7.11 Å². The van der Waals surface area contributed by atoms with Gasteiger partial charge < -0.3 is 14.4 Å². The van der Waals surface area contributed by atoms with Gasteiger partial charge in [-0.15, -0.1) is 0 Å². The second-order valence-corrected chi connectivity index (χ2v) is 6.86. The van der Waals surface area contributed by atoms with Gasteiger partial charge in [0.05, 0.1) is 12.7 Å². The summed E-state index contributed by atoms with van der Waals surface area (Å²) in [5, 5.41) is 0. The molecule has 0 saturated carbocycles. The Bertz CT molecular complexity index is 935. The first-order valence-corrected chi connectivity index (χ1v) is 9.42. The molecule has 0 aromatic heterocycles. The second-order valence-electron chi connectivity index (χ2n) is 6.86. The van der Waals surface area contributed by atoms with Crippen molar-refractivity contribution in [3.63, 3.8) is 0 Å². The highest BCUT2D eigenvalue weighted by Crippen LogP contribution is 2.39. The molecule has 2 atom stereocenters. The van der Waals surface area contributed by atoms with Crippen molar-refractivity contribution < 1.29 is 19.1 Å². The van der Waals surface area contributed by atoms with Crippen molar-refractivity contribution in [3.8, 4) is 5.75 Å². The lowest BCUT2D eigenvalue weighted by Crippen LogP contribution is -2.60. The van der Waals surface area contributed by atoms with Crippen LogP contribution >= 0.6 is 0 Å². The van der Waals surface area contributed by atoms with Crippen molar-refractivity contribution in [2.24, 2.45) is 0 Å². The predicted molar refractivity (Wildman–Crippen MR) is 108 cm³/mol. The van der Waals surface area contributed by atoms with Gasteiger partial charge in [-0.05, 0) is 35.4 Å². The number of amides is 1. The van der Waals surface area contributed by atoms with E-state index in [9.17, 15) is 9.59 Å². The Morgan fingerprint density at radius 2 is 1.52 bits per heavy atom. The first-order valence-electron chi connectivity index (χ1n) is 9.42. The molecule has 3 aromatic carbocycles. The van der Waals surface area contributed by atoms with Crippen LogP contribution in [0.25, 0.3) is 0 Å². The van der Waals surface area contributed by atoms with Gasteiger partial charge in [0.1, 0.15) is 11.8 Å². The van der Waals surface area contributed by atoms with E-state index in [-0.39, 0.29) is 17.9 Å². The molecule has 0 N–H and O–H groups in total. The minimum Gasteiger partial charge on any atom is -0.478 e. The third-order valence-electron chi connectivity index (χ3n) is 5.02. The molecule has 1 saturated heterocycles. The fraction of sp³-hybridized carbons (Fsp3) is 0.167. The molecule has 29 heavy (non-hydrogen) atoms. The number of likely N-dealkylation sites (tertiary alicyclic amines) is 1. The summed E-state index contributed by atoms with van der Waals surface area (Å²) < 4.78 is 10.8. The highest BCUT2D eigenvalue weighted by molar-refractivity contribution is 5.90. The summed E-state index contributed by atoms with van der Waals surface area (Å²) in [5.74, 6) is 0.209. The Hall–Kier alpha value is -3.60. The molecule has 0 bridgehead atoms. The van der Waals surface area contributed by atoms with Crippen LogP contribution < -0.4 is 4.74 Å². The van der Waals surface area contributed by atoms with E-state index in [2.05, 4.69) is 0 Å². The molecule has 146 valence electrons. The normalized spacial score (nSPS) is 18.1. The quantitative estimate of drug-likeness (QED) is 0.474. The SMILES string of the molecule is COC(=O)c1ccc([C@@H]2[C@H](Oc3ccccc3)C(=O)N2Cc2ccccc2)cc1. The number of nitrogens with zero attached hydrogens (tertiary/aromatic N) is 1. The largest absolute Gasteiger partial charge is 0.478 e. The van der Waals surface area contributed by atoms with E-state index in [0.717, 1.165) is 11.1 Å². The lowest BCUT2D eigenvalue weighted by Gasteiger charge is -2.47. The van der Waals surface area contributed by atoms with Crippen LogP contribution in [-0.2, 0) is 16.1 Å². The third kappa shape index (κ3) is 3.85. The fourth-order valence-electron chi connectivity index (χ4n) is 3.52. The first-order chi connectivity index (χ1) is 14.2. The average Bonchev–Trinajstić information content (AvgIpc) is 2.79. The van der Waals surface area contributed by atoms with E-state index < -0.39 is 6.10 Å². The molecule has 0 unspecified atom stereocenters. The van der Waals surface area contributed by atoms with E-state index in [1.165, 1.54) is 7.11 Å². The zero-order valence-electron chi connectivity index (χ0n) is 16.0. The number of hydrogen-bond donors (Lipinski definition) is 0. The summed E-state index contributed by atoms with van der Waals surface area (Å²) >= 11 is 0. The Balaban J connectivity index is 1.61.